The Bertz CT molecular complexity index is 561. The van der Waals surface area contributed by atoms with Crippen LogP contribution in [0, 0.1) is 3.57 Å². The van der Waals surface area contributed by atoms with E-state index in [1.807, 2.05) is 6.07 Å². The molecule has 0 spiro atoms. The largest absolute Gasteiger partial charge is 0.262 e. The van der Waals surface area contributed by atoms with Crippen LogP contribution in [0.4, 0.5) is 0 Å². The molecule has 18 heavy (non-hydrogen) atoms. The molecule has 0 unspecified atom stereocenters. The Morgan fingerprint density at radius 3 is 2.83 bits per heavy atom. The molecule has 2 aromatic rings. The summed E-state index contributed by atoms with van der Waals surface area (Å²) >= 11 is 5.87. The van der Waals surface area contributed by atoms with Crippen molar-refractivity contribution < 1.29 is 0 Å². The second kappa shape index (κ2) is 5.28. The average Bonchev–Trinajstić information content (AvgIpc) is 3.00. The third kappa shape index (κ3) is 2.47. The molecule has 0 saturated heterocycles. The van der Waals surface area contributed by atoms with E-state index in [4.69, 9.17) is 0 Å². The molecule has 0 bridgehead atoms. The van der Waals surface area contributed by atoms with Crippen molar-refractivity contribution >= 4 is 38.5 Å². The van der Waals surface area contributed by atoms with Gasteiger partial charge in [0.05, 0.1) is 0 Å². The molecule has 0 aliphatic heterocycles. The third-order valence-corrected chi connectivity index (χ3v) is 4.78. The van der Waals surface area contributed by atoms with E-state index in [0.717, 1.165) is 21.7 Å². The first-order chi connectivity index (χ1) is 8.74. The van der Waals surface area contributed by atoms with E-state index >= 15 is 0 Å². The summed E-state index contributed by atoms with van der Waals surface area (Å²) in [5, 5.41) is 7.47. The van der Waals surface area contributed by atoms with Crippen LogP contribution in [0.1, 0.15) is 37.4 Å². The van der Waals surface area contributed by atoms with Crippen LogP contribution >= 0.6 is 38.5 Å². The Morgan fingerprint density at radius 1 is 1.28 bits per heavy atom. The lowest BCUT2D eigenvalue weighted by atomic mass is 10.1. The van der Waals surface area contributed by atoms with Gasteiger partial charge in [-0.05, 0) is 53.6 Å². The van der Waals surface area contributed by atoms with Crippen LogP contribution in [0.5, 0.6) is 0 Å². The number of benzene rings is 1. The molecule has 3 nitrogen and oxygen atoms in total. The maximum Gasteiger partial charge on any atom is 0.182 e. The van der Waals surface area contributed by atoms with E-state index in [-0.39, 0.29) is 0 Å². The van der Waals surface area contributed by atoms with Crippen LogP contribution in [0.3, 0.4) is 0 Å². The van der Waals surface area contributed by atoms with Gasteiger partial charge in [0.25, 0.3) is 0 Å². The fourth-order valence-corrected chi connectivity index (χ4v) is 3.36. The summed E-state index contributed by atoms with van der Waals surface area (Å²) in [6.45, 7) is 0. The highest BCUT2D eigenvalue weighted by molar-refractivity contribution is 14.1. The zero-order valence-corrected chi connectivity index (χ0v) is 13.5. The number of aromatic amines is 1. The fraction of sp³-hybridized carbons (Fsp3) is 0.385. The zero-order valence-electron chi connectivity index (χ0n) is 9.79. The Balaban J connectivity index is 1.94. The lowest BCUT2D eigenvalue weighted by Gasteiger charge is -2.02. The van der Waals surface area contributed by atoms with Crippen LogP contribution in [0.25, 0.3) is 11.4 Å². The molecular formula is C13H13BrIN3. The summed E-state index contributed by atoms with van der Waals surface area (Å²) in [7, 11) is 0. The van der Waals surface area contributed by atoms with Gasteiger partial charge >= 0.3 is 0 Å². The highest BCUT2D eigenvalue weighted by Gasteiger charge is 2.21. The van der Waals surface area contributed by atoms with Crippen molar-refractivity contribution in [2.24, 2.45) is 0 Å². The summed E-state index contributed by atoms with van der Waals surface area (Å²) < 4.78 is 2.23. The molecule has 1 fully saturated rings. The molecule has 1 saturated carbocycles. The van der Waals surface area contributed by atoms with Gasteiger partial charge in [-0.3, -0.25) is 5.10 Å². The molecule has 0 radical (unpaired) electrons. The second-order valence-corrected chi connectivity index (χ2v) is 6.75. The number of hydrogen-bond acceptors (Lipinski definition) is 2. The summed E-state index contributed by atoms with van der Waals surface area (Å²) in [4.78, 5) is 4.66. The number of hydrogen-bond donors (Lipinski definition) is 1. The van der Waals surface area contributed by atoms with E-state index in [1.165, 1.54) is 29.3 Å². The van der Waals surface area contributed by atoms with Gasteiger partial charge in [0, 0.05) is 19.5 Å². The molecule has 1 aliphatic rings. The first-order valence-electron chi connectivity index (χ1n) is 6.12. The first-order valence-corrected chi connectivity index (χ1v) is 7.99. The number of nitrogens with zero attached hydrogens (tertiary/aromatic N) is 2. The predicted molar refractivity (Wildman–Crippen MR) is 83.4 cm³/mol. The number of nitrogens with one attached hydrogen (secondary N) is 1. The zero-order chi connectivity index (χ0) is 12.5. The van der Waals surface area contributed by atoms with Gasteiger partial charge in [-0.2, -0.15) is 5.10 Å². The van der Waals surface area contributed by atoms with Crippen molar-refractivity contribution in [1.29, 1.82) is 0 Å². The summed E-state index contributed by atoms with van der Waals surface area (Å²) in [6, 6.07) is 6.22. The molecule has 0 atom stereocenters. The number of halogens is 2. The third-order valence-electron chi connectivity index (χ3n) is 3.41. The maximum atomic E-state index is 4.66. The minimum absolute atomic E-state index is 0.577. The standard InChI is InChI=1S/C13H13BrIN3/c14-11-6-5-9(15)7-10(11)13-16-12(17-18-13)8-3-1-2-4-8/h5-8H,1-4H2,(H,16,17,18). The number of H-pyrrole nitrogens is 1. The van der Waals surface area contributed by atoms with Crippen molar-refractivity contribution in [2.45, 2.75) is 31.6 Å². The van der Waals surface area contributed by atoms with Crippen LogP contribution in [0.15, 0.2) is 22.7 Å². The Morgan fingerprint density at radius 2 is 2.06 bits per heavy atom. The van der Waals surface area contributed by atoms with Gasteiger partial charge in [-0.1, -0.05) is 28.8 Å². The number of aromatic nitrogens is 3. The van der Waals surface area contributed by atoms with Gasteiger partial charge < -0.3 is 0 Å². The monoisotopic (exact) mass is 417 g/mol. The predicted octanol–water partition coefficient (Wildman–Crippen LogP) is 4.50. The van der Waals surface area contributed by atoms with E-state index in [9.17, 15) is 0 Å². The van der Waals surface area contributed by atoms with Crippen LogP contribution in [-0.4, -0.2) is 15.2 Å². The maximum absolute atomic E-state index is 4.66. The molecule has 94 valence electrons. The molecule has 5 heteroatoms. The van der Waals surface area contributed by atoms with E-state index in [2.05, 4.69) is 65.8 Å². The SMILES string of the molecule is Brc1ccc(I)cc1-c1n[nH]c(C2CCCC2)n1. The minimum Gasteiger partial charge on any atom is -0.262 e. The quantitative estimate of drug-likeness (QED) is 0.731. The minimum atomic E-state index is 0.577. The van der Waals surface area contributed by atoms with Gasteiger partial charge in [0.15, 0.2) is 5.82 Å². The lowest BCUT2D eigenvalue weighted by molar-refractivity contribution is 0.672. The van der Waals surface area contributed by atoms with Crippen molar-refractivity contribution in [3.63, 3.8) is 0 Å². The Labute approximate surface area is 128 Å². The number of rotatable bonds is 2. The van der Waals surface area contributed by atoms with Crippen molar-refractivity contribution in [3.05, 3.63) is 32.1 Å². The smallest absolute Gasteiger partial charge is 0.182 e. The molecular weight excluding hydrogens is 405 g/mol. The van der Waals surface area contributed by atoms with Crippen molar-refractivity contribution in [3.8, 4) is 11.4 Å². The lowest BCUT2D eigenvalue weighted by Crippen LogP contribution is -1.94. The molecule has 0 amide bonds. The van der Waals surface area contributed by atoms with Crippen LogP contribution in [-0.2, 0) is 0 Å². The molecule has 1 aromatic heterocycles. The molecule has 1 aromatic carbocycles. The van der Waals surface area contributed by atoms with Crippen LogP contribution < -0.4 is 0 Å². The first kappa shape index (κ1) is 12.6. The Kier molecular flexibility index (Phi) is 3.70. The molecule has 3 rings (SSSR count). The van der Waals surface area contributed by atoms with Gasteiger partial charge in [0.2, 0.25) is 0 Å². The van der Waals surface area contributed by atoms with Crippen LogP contribution in [0.2, 0.25) is 0 Å². The van der Waals surface area contributed by atoms with Gasteiger partial charge in [0.1, 0.15) is 5.82 Å². The molecule has 1 aliphatic carbocycles. The van der Waals surface area contributed by atoms with Crippen molar-refractivity contribution in [2.75, 3.05) is 0 Å². The van der Waals surface area contributed by atoms with Crippen molar-refractivity contribution in [1.82, 2.24) is 15.2 Å². The van der Waals surface area contributed by atoms with E-state index < -0.39 is 0 Å². The van der Waals surface area contributed by atoms with E-state index in [0.29, 0.717) is 5.92 Å². The summed E-state index contributed by atoms with van der Waals surface area (Å²) in [5.41, 5.74) is 1.06. The fourth-order valence-electron chi connectivity index (χ4n) is 2.45. The summed E-state index contributed by atoms with van der Waals surface area (Å²) in [5.74, 6) is 2.42. The highest BCUT2D eigenvalue weighted by atomic mass is 127. The normalized spacial score (nSPS) is 16.3. The average molecular weight is 418 g/mol. The molecule has 1 heterocycles. The summed E-state index contributed by atoms with van der Waals surface area (Å²) in [6.07, 6.45) is 5.10. The Hall–Kier alpha value is -0.430. The van der Waals surface area contributed by atoms with Gasteiger partial charge in [-0.15, -0.1) is 0 Å². The second-order valence-electron chi connectivity index (χ2n) is 4.65. The molecule has 1 N–H and O–H groups in total. The van der Waals surface area contributed by atoms with E-state index in [1.54, 1.807) is 0 Å². The van der Waals surface area contributed by atoms with Gasteiger partial charge in [-0.25, -0.2) is 4.98 Å². The topological polar surface area (TPSA) is 41.6 Å². The highest BCUT2D eigenvalue weighted by Crippen LogP contribution is 2.34.